The highest BCUT2D eigenvalue weighted by Crippen LogP contribution is 2.13. The molecular formula is C13H23N5O. The lowest BCUT2D eigenvalue weighted by Gasteiger charge is -2.11. The van der Waals surface area contributed by atoms with E-state index in [2.05, 4.69) is 20.2 Å². The summed E-state index contributed by atoms with van der Waals surface area (Å²) in [5.41, 5.74) is 6.33. The van der Waals surface area contributed by atoms with Gasteiger partial charge in [0.1, 0.15) is 5.82 Å². The first-order chi connectivity index (χ1) is 8.91. The molecule has 0 spiro atoms. The summed E-state index contributed by atoms with van der Waals surface area (Å²) in [4.78, 5) is 22.4. The van der Waals surface area contributed by atoms with Gasteiger partial charge in [0.15, 0.2) is 5.69 Å². The fraction of sp³-hybridized carbons (Fsp3) is 0.615. The van der Waals surface area contributed by atoms with E-state index in [1.54, 1.807) is 0 Å². The van der Waals surface area contributed by atoms with Gasteiger partial charge in [0, 0.05) is 12.5 Å². The lowest BCUT2D eigenvalue weighted by Crippen LogP contribution is -2.29. The molecule has 0 atom stereocenters. The summed E-state index contributed by atoms with van der Waals surface area (Å²) in [5.74, 6) is 0.564. The van der Waals surface area contributed by atoms with Crippen LogP contribution in [0.3, 0.4) is 0 Å². The standard InChI is InChI=1S/C13H23N5O/c1-9(2)12-16-8-10(14)11(17-12)13(19)15-6-5-7-18(3)4/h8-9H,5-7,14H2,1-4H3,(H,15,19). The predicted molar refractivity (Wildman–Crippen MR) is 76.0 cm³/mol. The number of aromatic nitrogens is 2. The average molecular weight is 265 g/mol. The molecular weight excluding hydrogens is 242 g/mol. The summed E-state index contributed by atoms with van der Waals surface area (Å²) in [5, 5.41) is 2.83. The molecule has 106 valence electrons. The van der Waals surface area contributed by atoms with Crippen molar-refractivity contribution in [2.45, 2.75) is 26.2 Å². The summed E-state index contributed by atoms with van der Waals surface area (Å²) < 4.78 is 0. The van der Waals surface area contributed by atoms with Gasteiger partial charge in [0.05, 0.1) is 11.9 Å². The number of nitrogens with one attached hydrogen (secondary N) is 1. The average Bonchev–Trinajstić information content (AvgIpc) is 2.34. The summed E-state index contributed by atoms with van der Waals surface area (Å²) in [6.45, 7) is 5.49. The van der Waals surface area contributed by atoms with Crippen molar-refractivity contribution in [2.75, 3.05) is 32.9 Å². The van der Waals surface area contributed by atoms with Crippen molar-refractivity contribution in [1.82, 2.24) is 20.2 Å². The topological polar surface area (TPSA) is 84.1 Å². The van der Waals surface area contributed by atoms with Crippen LogP contribution in [0.2, 0.25) is 0 Å². The van der Waals surface area contributed by atoms with Crippen LogP contribution in [-0.4, -0.2) is 48.0 Å². The summed E-state index contributed by atoms with van der Waals surface area (Å²) in [6.07, 6.45) is 2.39. The van der Waals surface area contributed by atoms with Gasteiger partial charge in [-0.15, -0.1) is 0 Å². The number of anilines is 1. The van der Waals surface area contributed by atoms with E-state index in [0.717, 1.165) is 13.0 Å². The number of hydrogen-bond acceptors (Lipinski definition) is 5. The molecule has 6 nitrogen and oxygen atoms in total. The number of nitrogens with two attached hydrogens (primary N) is 1. The van der Waals surface area contributed by atoms with Crippen molar-refractivity contribution in [1.29, 1.82) is 0 Å². The molecule has 0 aromatic carbocycles. The second kappa shape index (κ2) is 7.04. The molecule has 6 heteroatoms. The summed E-state index contributed by atoms with van der Waals surface area (Å²) in [7, 11) is 4.00. The van der Waals surface area contributed by atoms with Gasteiger partial charge < -0.3 is 16.0 Å². The Bertz CT molecular complexity index is 431. The first-order valence-corrected chi connectivity index (χ1v) is 6.47. The van der Waals surface area contributed by atoms with Crippen LogP contribution < -0.4 is 11.1 Å². The van der Waals surface area contributed by atoms with Gasteiger partial charge >= 0.3 is 0 Å². The van der Waals surface area contributed by atoms with Gasteiger partial charge in [0.25, 0.3) is 5.91 Å². The Morgan fingerprint density at radius 1 is 1.47 bits per heavy atom. The smallest absolute Gasteiger partial charge is 0.272 e. The van der Waals surface area contributed by atoms with Gasteiger partial charge in [-0.05, 0) is 27.1 Å². The van der Waals surface area contributed by atoms with Gasteiger partial charge in [-0.25, -0.2) is 9.97 Å². The van der Waals surface area contributed by atoms with Crippen LogP contribution >= 0.6 is 0 Å². The van der Waals surface area contributed by atoms with Crippen molar-refractivity contribution >= 4 is 11.6 Å². The van der Waals surface area contributed by atoms with Crippen molar-refractivity contribution in [3.63, 3.8) is 0 Å². The molecule has 3 N–H and O–H groups in total. The molecule has 0 aliphatic heterocycles. The number of carbonyl (C=O) groups is 1. The number of carbonyl (C=O) groups excluding carboxylic acids is 1. The molecule has 0 saturated carbocycles. The fourth-order valence-electron chi connectivity index (χ4n) is 1.55. The molecule has 1 heterocycles. The van der Waals surface area contributed by atoms with Crippen LogP contribution in [0.4, 0.5) is 5.69 Å². The monoisotopic (exact) mass is 265 g/mol. The van der Waals surface area contributed by atoms with Gasteiger partial charge in [-0.1, -0.05) is 13.8 Å². The second-order valence-corrected chi connectivity index (χ2v) is 5.10. The van der Waals surface area contributed by atoms with Crippen LogP contribution in [0.25, 0.3) is 0 Å². The molecule has 0 aliphatic carbocycles. The molecule has 19 heavy (non-hydrogen) atoms. The third kappa shape index (κ3) is 4.82. The maximum absolute atomic E-state index is 12.0. The highest BCUT2D eigenvalue weighted by molar-refractivity contribution is 5.96. The number of hydrogen-bond donors (Lipinski definition) is 2. The second-order valence-electron chi connectivity index (χ2n) is 5.10. The molecule has 1 aromatic heterocycles. The zero-order chi connectivity index (χ0) is 14.4. The van der Waals surface area contributed by atoms with E-state index in [1.165, 1.54) is 6.20 Å². The lowest BCUT2D eigenvalue weighted by atomic mass is 10.2. The third-order valence-electron chi connectivity index (χ3n) is 2.63. The van der Waals surface area contributed by atoms with E-state index in [0.29, 0.717) is 18.1 Å². The molecule has 1 aromatic rings. The molecule has 1 rings (SSSR count). The molecule has 0 bridgehead atoms. The van der Waals surface area contributed by atoms with Gasteiger partial charge in [-0.2, -0.15) is 0 Å². The van der Waals surface area contributed by atoms with E-state index >= 15 is 0 Å². The number of rotatable bonds is 6. The SMILES string of the molecule is CC(C)c1ncc(N)c(C(=O)NCCCN(C)C)n1. The minimum Gasteiger partial charge on any atom is -0.396 e. The number of amides is 1. The molecule has 0 radical (unpaired) electrons. The van der Waals surface area contributed by atoms with Gasteiger partial charge in [-0.3, -0.25) is 4.79 Å². The highest BCUT2D eigenvalue weighted by Gasteiger charge is 2.14. The molecule has 0 aliphatic rings. The number of nitrogens with zero attached hydrogens (tertiary/aromatic N) is 3. The Morgan fingerprint density at radius 2 is 2.16 bits per heavy atom. The Hall–Kier alpha value is -1.69. The fourth-order valence-corrected chi connectivity index (χ4v) is 1.55. The normalized spacial score (nSPS) is 11.1. The summed E-state index contributed by atoms with van der Waals surface area (Å²) in [6, 6.07) is 0. The largest absolute Gasteiger partial charge is 0.396 e. The van der Waals surface area contributed by atoms with Crippen molar-refractivity contribution in [2.24, 2.45) is 0 Å². The highest BCUT2D eigenvalue weighted by atomic mass is 16.1. The van der Waals surface area contributed by atoms with E-state index in [4.69, 9.17) is 5.73 Å². The van der Waals surface area contributed by atoms with Crippen molar-refractivity contribution < 1.29 is 4.79 Å². The van der Waals surface area contributed by atoms with Crippen molar-refractivity contribution in [3.05, 3.63) is 17.7 Å². The molecule has 1 amide bonds. The van der Waals surface area contributed by atoms with E-state index in [1.807, 2.05) is 27.9 Å². The zero-order valence-electron chi connectivity index (χ0n) is 12.1. The van der Waals surface area contributed by atoms with Gasteiger partial charge in [0.2, 0.25) is 0 Å². The van der Waals surface area contributed by atoms with Crippen LogP contribution in [0.1, 0.15) is 42.5 Å². The number of nitrogen functional groups attached to an aromatic ring is 1. The maximum atomic E-state index is 12.0. The zero-order valence-corrected chi connectivity index (χ0v) is 12.1. The van der Waals surface area contributed by atoms with Crippen LogP contribution in [-0.2, 0) is 0 Å². The molecule has 0 unspecified atom stereocenters. The van der Waals surface area contributed by atoms with Crippen molar-refractivity contribution in [3.8, 4) is 0 Å². The first kappa shape index (κ1) is 15.4. The predicted octanol–water partition coefficient (Wildman–Crippen LogP) is 0.864. The Labute approximate surface area is 114 Å². The van der Waals surface area contributed by atoms with E-state index in [-0.39, 0.29) is 17.5 Å². The third-order valence-corrected chi connectivity index (χ3v) is 2.63. The van der Waals surface area contributed by atoms with Crippen LogP contribution in [0.15, 0.2) is 6.20 Å². The minimum absolute atomic E-state index is 0.167. The Kier molecular flexibility index (Phi) is 5.69. The Morgan fingerprint density at radius 3 is 2.74 bits per heavy atom. The Balaban J connectivity index is 2.63. The molecule has 0 fully saturated rings. The quantitative estimate of drug-likeness (QED) is 0.745. The minimum atomic E-state index is -0.236. The molecule has 0 saturated heterocycles. The first-order valence-electron chi connectivity index (χ1n) is 6.47. The van der Waals surface area contributed by atoms with E-state index in [9.17, 15) is 4.79 Å². The summed E-state index contributed by atoms with van der Waals surface area (Å²) >= 11 is 0. The van der Waals surface area contributed by atoms with E-state index < -0.39 is 0 Å². The lowest BCUT2D eigenvalue weighted by molar-refractivity contribution is 0.0948. The maximum Gasteiger partial charge on any atom is 0.272 e. The van der Waals surface area contributed by atoms with Crippen LogP contribution in [0, 0.1) is 0 Å². The van der Waals surface area contributed by atoms with Crippen LogP contribution in [0.5, 0.6) is 0 Å².